The number of hydrogen-bond acceptors (Lipinski definition) is 7. The van der Waals surface area contributed by atoms with Crippen LogP contribution in [0.5, 0.6) is 0 Å². The minimum atomic E-state index is -2.93. The van der Waals surface area contributed by atoms with Gasteiger partial charge in [-0.25, -0.2) is 8.78 Å². The van der Waals surface area contributed by atoms with Crippen LogP contribution in [-0.2, 0) is 4.79 Å². The fraction of sp³-hybridized carbons (Fsp3) is 0.545. The number of anilines is 1. The lowest BCUT2D eigenvalue weighted by molar-refractivity contribution is -0.124. The predicted molar refractivity (Wildman–Crippen MR) is 121 cm³/mol. The number of likely N-dealkylation sites (N-methyl/N-ethyl adjacent to an activating group) is 1. The Kier molecular flexibility index (Phi) is 6.61. The van der Waals surface area contributed by atoms with E-state index in [-0.39, 0.29) is 25.4 Å². The molecule has 32 heavy (non-hydrogen) atoms. The molecule has 0 spiro atoms. The second-order valence-corrected chi connectivity index (χ2v) is 8.60. The van der Waals surface area contributed by atoms with Gasteiger partial charge in [-0.3, -0.25) is 24.7 Å². The number of aliphatic imine (C=N–C) groups is 1. The SMILES string of the molecule is CN=Cc1ccc(N2CC(NC(=O)CN3CCN(C)CC3)CC(F)(F)C2)c2nccnc12. The first-order valence-electron chi connectivity index (χ1n) is 10.8. The number of benzene rings is 1. The molecule has 4 rings (SSSR count). The second kappa shape index (κ2) is 9.41. The third kappa shape index (κ3) is 5.18. The van der Waals surface area contributed by atoms with Crippen LogP contribution in [0.15, 0.2) is 29.5 Å². The van der Waals surface area contributed by atoms with Gasteiger partial charge >= 0.3 is 0 Å². The van der Waals surface area contributed by atoms with Gasteiger partial charge in [-0.05, 0) is 19.2 Å². The summed E-state index contributed by atoms with van der Waals surface area (Å²) in [6.45, 7) is 3.49. The largest absolute Gasteiger partial charge is 0.362 e. The Hall–Kier alpha value is -2.72. The molecule has 8 nitrogen and oxygen atoms in total. The summed E-state index contributed by atoms with van der Waals surface area (Å²) in [7, 11) is 3.71. The minimum Gasteiger partial charge on any atom is -0.362 e. The van der Waals surface area contributed by atoms with E-state index in [9.17, 15) is 13.6 Å². The van der Waals surface area contributed by atoms with Crippen molar-refractivity contribution in [3.05, 3.63) is 30.1 Å². The molecule has 1 aromatic carbocycles. The number of nitrogens with zero attached hydrogens (tertiary/aromatic N) is 6. The number of halogens is 2. The van der Waals surface area contributed by atoms with Crippen molar-refractivity contribution in [2.45, 2.75) is 18.4 Å². The van der Waals surface area contributed by atoms with Crippen LogP contribution in [-0.4, -0.2) is 104 Å². The highest BCUT2D eigenvalue weighted by molar-refractivity contribution is 6.01. The molecule has 0 radical (unpaired) electrons. The van der Waals surface area contributed by atoms with Crippen molar-refractivity contribution in [3.63, 3.8) is 0 Å². The van der Waals surface area contributed by atoms with E-state index in [1.165, 1.54) is 0 Å². The van der Waals surface area contributed by atoms with Gasteiger partial charge in [0.2, 0.25) is 5.91 Å². The zero-order valence-corrected chi connectivity index (χ0v) is 18.5. The lowest BCUT2D eigenvalue weighted by atomic mass is 10.0. The third-order valence-corrected chi connectivity index (χ3v) is 5.98. The number of carbonyl (C=O) groups excluding carboxylic acids is 1. The summed E-state index contributed by atoms with van der Waals surface area (Å²) in [5, 5.41) is 2.84. The van der Waals surface area contributed by atoms with Gasteiger partial charge in [0.05, 0.1) is 30.3 Å². The lowest BCUT2D eigenvalue weighted by Gasteiger charge is -2.39. The van der Waals surface area contributed by atoms with Crippen LogP contribution in [0.3, 0.4) is 0 Å². The number of fused-ring (bicyclic) bond motifs is 1. The molecule has 0 bridgehead atoms. The second-order valence-electron chi connectivity index (χ2n) is 8.60. The molecule has 0 saturated carbocycles. The van der Waals surface area contributed by atoms with Crippen molar-refractivity contribution in [2.75, 3.05) is 64.8 Å². The number of amides is 1. The van der Waals surface area contributed by atoms with E-state index in [0.29, 0.717) is 16.7 Å². The molecular formula is C22H29F2N7O. The molecule has 2 fully saturated rings. The first-order chi connectivity index (χ1) is 15.3. The first kappa shape index (κ1) is 22.5. The smallest absolute Gasteiger partial charge is 0.267 e. The van der Waals surface area contributed by atoms with E-state index in [2.05, 4.69) is 30.1 Å². The molecule has 3 heterocycles. The average Bonchev–Trinajstić information content (AvgIpc) is 2.74. The summed E-state index contributed by atoms with van der Waals surface area (Å²) in [5.41, 5.74) is 2.52. The summed E-state index contributed by atoms with van der Waals surface area (Å²) >= 11 is 0. The summed E-state index contributed by atoms with van der Waals surface area (Å²) in [5.74, 6) is -3.14. The van der Waals surface area contributed by atoms with Crippen molar-refractivity contribution in [3.8, 4) is 0 Å². The highest BCUT2D eigenvalue weighted by Gasteiger charge is 2.41. The van der Waals surface area contributed by atoms with Gasteiger partial charge in [0, 0.05) is 70.4 Å². The zero-order valence-electron chi connectivity index (χ0n) is 18.5. The molecule has 1 N–H and O–H groups in total. The molecule has 2 aliphatic heterocycles. The standard InChI is InChI=1S/C22H29F2N7O/c1-25-12-16-3-4-18(21-20(16)26-5-6-27-21)31-13-17(11-22(23,24)15-31)28-19(32)14-30-9-7-29(2)8-10-30/h3-6,12,17H,7-11,13-15H2,1-2H3,(H,28,32). The van der Waals surface area contributed by atoms with Gasteiger partial charge in [0.15, 0.2) is 0 Å². The predicted octanol–water partition coefficient (Wildman–Crippen LogP) is 1.26. The van der Waals surface area contributed by atoms with Crippen LogP contribution in [0, 0.1) is 0 Å². The minimum absolute atomic E-state index is 0.212. The normalized spacial score (nSPS) is 22.5. The van der Waals surface area contributed by atoms with Crippen molar-refractivity contribution in [2.24, 2.45) is 4.99 Å². The van der Waals surface area contributed by atoms with Crippen LogP contribution in [0.25, 0.3) is 11.0 Å². The summed E-state index contributed by atoms with van der Waals surface area (Å²) in [6.07, 6.45) is 4.43. The van der Waals surface area contributed by atoms with Gasteiger partial charge in [0.1, 0.15) is 5.52 Å². The Morgan fingerprint density at radius 1 is 1.22 bits per heavy atom. The van der Waals surface area contributed by atoms with E-state index in [1.807, 2.05) is 13.1 Å². The van der Waals surface area contributed by atoms with Gasteiger partial charge in [0.25, 0.3) is 5.92 Å². The van der Waals surface area contributed by atoms with E-state index in [1.54, 1.807) is 36.6 Å². The number of aromatic nitrogens is 2. The molecule has 1 atom stereocenters. The summed E-state index contributed by atoms with van der Waals surface area (Å²) in [4.78, 5) is 31.3. The maximum atomic E-state index is 14.7. The zero-order chi connectivity index (χ0) is 22.7. The number of hydrogen-bond donors (Lipinski definition) is 1. The molecule has 0 aliphatic carbocycles. The molecule has 2 saturated heterocycles. The number of alkyl halides is 2. The lowest BCUT2D eigenvalue weighted by Crippen LogP contribution is -2.57. The molecule has 1 amide bonds. The number of rotatable bonds is 5. The van der Waals surface area contributed by atoms with Crippen LogP contribution in [0.2, 0.25) is 0 Å². The number of nitrogens with one attached hydrogen (secondary N) is 1. The third-order valence-electron chi connectivity index (χ3n) is 5.98. The average molecular weight is 446 g/mol. The number of carbonyl (C=O) groups is 1. The van der Waals surface area contributed by atoms with Crippen LogP contribution in [0.4, 0.5) is 14.5 Å². The number of piperidine rings is 1. The molecular weight excluding hydrogens is 416 g/mol. The van der Waals surface area contributed by atoms with E-state index < -0.39 is 18.5 Å². The van der Waals surface area contributed by atoms with Gasteiger partial charge in [-0.2, -0.15) is 0 Å². The van der Waals surface area contributed by atoms with Crippen LogP contribution < -0.4 is 10.2 Å². The van der Waals surface area contributed by atoms with Crippen molar-refractivity contribution < 1.29 is 13.6 Å². The maximum absolute atomic E-state index is 14.7. The molecule has 1 aromatic heterocycles. The van der Waals surface area contributed by atoms with Gasteiger partial charge in [-0.15, -0.1) is 0 Å². The summed E-state index contributed by atoms with van der Waals surface area (Å²) in [6, 6.07) is 2.94. The van der Waals surface area contributed by atoms with Crippen LogP contribution >= 0.6 is 0 Å². The molecule has 172 valence electrons. The summed E-state index contributed by atoms with van der Waals surface area (Å²) < 4.78 is 29.4. The van der Waals surface area contributed by atoms with Gasteiger partial charge < -0.3 is 15.1 Å². The highest BCUT2D eigenvalue weighted by atomic mass is 19.3. The quantitative estimate of drug-likeness (QED) is 0.699. The maximum Gasteiger partial charge on any atom is 0.267 e. The highest BCUT2D eigenvalue weighted by Crippen LogP contribution is 2.33. The van der Waals surface area contributed by atoms with Gasteiger partial charge in [-0.1, -0.05) is 0 Å². The Bertz CT molecular complexity index is 991. The topological polar surface area (TPSA) is 77.0 Å². The van der Waals surface area contributed by atoms with E-state index >= 15 is 0 Å². The van der Waals surface area contributed by atoms with Crippen molar-refractivity contribution >= 4 is 28.8 Å². The number of piperazine rings is 1. The van der Waals surface area contributed by atoms with E-state index in [0.717, 1.165) is 31.7 Å². The monoisotopic (exact) mass is 445 g/mol. The fourth-order valence-electron chi connectivity index (χ4n) is 4.42. The fourth-order valence-corrected chi connectivity index (χ4v) is 4.42. The molecule has 10 heteroatoms. The Balaban J connectivity index is 1.51. The molecule has 2 aliphatic rings. The van der Waals surface area contributed by atoms with Crippen molar-refractivity contribution in [1.82, 2.24) is 25.1 Å². The Labute approximate surface area is 186 Å². The Morgan fingerprint density at radius 2 is 1.94 bits per heavy atom. The molecule has 2 aromatic rings. The van der Waals surface area contributed by atoms with Crippen molar-refractivity contribution in [1.29, 1.82) is 0 Å². The van der Waals surface area contributed by atoms with Crippen LogP contribution in [0.1, 0.15) is 12.0 Å². The van der Waals surface area contributed by atoms with E-state index in [4.69, 9.17) is 0 Å². The first-order valence-corrected chi connectivity index (χ1v) is 10.8. The molecule has 1 unspecified atom stereocenters. The Morgan fingerprint density at radius 3 is 2.66 bits per heavy atom.